The first-order valence-corrected chi connectivity index (χ1v) is 6.48. The van der Waals surface area contributed by atoms with Crippen LogP contribution in [-0.4, -0.2) is 15.7 Å². The van der Waals surface area contributed by atoms with Gasteiger partial charge in [0, 0.05) is 24.5 Å². The molecule has 0 fully saturated rings. The number of hydrogen-bond acceptors (Lipinski definition) is 2. The van der Waals surface area contributed by atoms with Gasteiger partial charge in [-0.25, -0.2) is 0 Å². The van der Waals surface area contributed by atoms with E-state index in [-0.39, 0.29) is 5.91 Å². The van der Waals surface area contributed by atoms with Crippen LogP contribution in [0.4, 0.5) is 0 Å². The van der Waals surface area contributed by atoms with E-state index in [0.29, 0.717) is 12.1 Å². The van der Waals surface area contributed by atoms with Crippen LogP contribution in [0.2, 0.25) is 0 Å². The van der Waals surface area contributed by atoms with Crippen LogP contribution in [-0.2, 0) is 13.6 Å². The number of nitrogens with zero attached hydrogens (tertiary/aromatic N) is 2. The highest BCUT2D eigenvalue weighted by atomic mass is 16.1. The largest absolute Gasteiger partial charge is 0.348 e. The lowest BCUT2D eigenvalue weighted by atomic mass is 10.1. The summed E-state index contributed by atoms with van der Waals surface area (Å²) in [6.45, 7) is 0.531. The monoisotopic (exact) mass is 265 g/mol. The zero-order valence-electron chi connectivity index (χ0n) is 11.2. The van der Waals surface area contributed by atoms with Crippen LogP contribution in [0.5, 0.6) is 0 Å². The molecule has 0 aliphatic heterocycles. The number of carbonyl (C=O) groups excluding carboxylic acids is 1. The Labute approximate surface area is 117 Å². The van der Waals surface area contributed by atoms with Crippen LogP contribution in [0.3, 0.4) is 0 Å². The Balaban J connectivity index is 1.77. The highest BCUT2D eigenvalue weighted by molar-refractivity contribution is 5.97. The topological polar surface area (TPSA) is 46.9 Å². The predicted octanol–water partition coefficient (Wildman–Crippen LogP) is 2.50. The third-order valence-corrected chi connectivity index (χ3v) is 3.31. The number of benzene rings is 2. The first kappa shape index (κ1) is 12.4. The van der Waals surface area contributed by atoms with Gasteiger partial charge in [0.25, 0.3) is 5.91 Å². The van der Waals surface area contributed by atoms with Crippen molar-refractivity contribution >= 4 is 16.8 Å². The number of carbonyl (C=O) groups is 1. The molecule has 100 valence electrons. The number of hydrogen-bond donors (Lipinski definition) is 1. The third-order valence-electron chi connectivity index (χ3n) is 3.31. The van der Waals surface area contributed by atoms with Gasteiger partial charge in [-0.2, -0.15) is 5.10 Å². The molecule has 1 heterocycles. The summed E-state index contributed by atoms with van der Waals surface area (Å²) in [7, 11) is 1.87. The Morgan fingerprint density at radius 2 is 2.00 bits per heavy atom. The molecule has 20 heavy (non-hydrogen) atoms. The zero-order valence-corrected chi connectivity index (χ0v) is 11.2. The van der Waals surface area contributed by atoms with Gasteiger partial charge in [0.05, 0.1) is 11.7 Å². The third kappa shape index (κ3) is 2.40. The maximum absolute atomic E-state index is 12.2. The molecule has 0 unspecified atom stereocenters. The highest BCUT2D eigenvalue weighted by Gasteiger charge is 2.08. The van der Waals surface area contributed by atoms with Gasteiger partial charge in [0.15, 0.2) is 0 Å². The van der Waals surface area contributed by atoms with Crippen LogP contribution in [0.15, 0.2) is 54.7 Å². The molecule has 0 aliphatic rings. The summed E-state index contributed by atoms with van der Waals surface area (Å²) in [5.41, 5.74) is 2.69. The van der Waals surface area contributed by atoms with Crippen molar-refractivity contribution < 1.29 is 4.79 Å². The lowest BCUT2D eigenvalue weighted by Gasteiger charge is -2.06. The Morgan fingerprint density at radius 1 is 1.20 bits per heavy atom. The molecular weight excluding hydrogens is 250 g/mol. The number of amides is 1. The van der Waals surface area contributed by atoms with E-state index < -0.39 is 0 Å². The number of nitrogens with one attached hydrogen (secondary N) is 1. The molecule has 1 amide bonds. The smallest absolute Gasteiger partial charge is 0.251 e. The van der Waals surface area contributed by atoms with E-state index in [1.54, 1.807) is 10.9 Å². The summed E-state index contributed by atoms with van der Waals surface area (Å²) >= 11 is 0. The van der Waals surface area contributed by atoms with E-state index in [1.165, 1.54) is 0 Å². The molecule has 4 nitrogen and oxygen atoms in total. The minimum atomic E-state index is -0.0723. The summed E-state index contributed by atoms with van der Waals surface area (Å²) in [4.78, 5) is 12.2. The molecule has 1 N–H and O–H groups in total. The molecule has 1 aromatic heterocycles. The van der Waals surface area contributed by atoms with Crippen LogP contribution in [0.25, 0.3) is 10.9 Å². The van der Waals surface area contributed by atoms with E-state index in [2.05, 4.69) is 10.4 Å². The van der Waals surface area contributed by atoms with Crippen molar-refractivity contribution in [1.29, 1.82) is 0 Å². The molecule has 0 radical (unpaired) electrons. The number of aryl methyl sites for hydroxylation is 1. The molecule has 0 spiro atoms. The van der Waals surface area contributed by atoms with Crippen molar-refractivity contribution in [2.24, 2.45) is 7.05 Å². The molecule has 2 aromatic carbocycles. The van der Waals surface area contributed by atoms with Crippen LogP contribution >= 0.6 is 0 Å². The van der Waals surface area contributed by atoms with Gasteiger partial charge in [-0.1, -0.05) is 36.4 Å². The second-order valence-electron chi connectivity index (χ2n) is 4.71. The zero-order chi connectivity index (χ0) is 13.9. The molecule has 0 atom stereocenters. The van der Waals surface area contributed by atoms with E-state index in [0.717, 1.165) is 16.5 Å². The van der Waals surface area contributed by atoms with Crippen molar-refractivity contribution in [3.63, 3.8) is 0 Å². The summed E-state index contributed by atoms with van der Waals surface area (Å²) in [5, 5.41) is 8.13. The highest BCUT2D eigenvalue weighted by Crippen LogP contribution is 2.14. The average molecular weight is 265 g/mol. The van der Waals surface area contributed by atoms with Gasteiger partial charge in [-0.05, 0) is 17.7 Å². The quantitative estimate of drug-likeness (QED) is 0.791. The van der Waals surface area contributed by atoms with Gasteiger partial charge in [-0.15, -0.1) is 0 Å². The van der Waals surface area contributed by atoms with Crippen molar-refractivity contribution in [2.45, 2.75) is 6.54 Å². The SMILES string of the molecule is Cn1ncc2ccc(C(=O)NCc3ccccc3)cc21. The molecule has 3 aromatic rings. The van der Waals surface area contributed by atoms with Gasteiger partial charge in [-0.3, -0.25) is 9.48 Å². The minimum absolute atomic E-state index is 0.0723. The fraction of sp³-hybridized carbons (Fsp3) is 0.125. The maximum Gasteiger partial charge on any atom is 0.251 e. The standard InChI is InChI=1S/C16H15N3O/c1-19-15-9-13(7-8-14(15)11-18-19)16(20)17-10-12-5-3-2-4-6-12/h2-9,11H,10H2,1H3,(H,17,20). The van der Waals surface area contributed by atoms with Gasteiger partial charge in [0.2, 0.25) is 0 Å². The van der Waals surface area contributed by atoms with E-state index in [9.17, 15) is 4.79 Å². The van der Waals surface area contributed by atoms with Gasteiger partial charge >= 0.3 is 0 Å². The first-order valence-electron chi connectivity index (χ1n) is 6.48. The average Bonchev–Trinajstić information content (AvgIpc) is 2.87. The molecule has 0 saturated heterocycles. The molecule has 4 heteroatoms. The van der Waals surface area contributed by atoms with Crippen molar-refractivity contribution in [1.82, 2.24) is 15.1 Å². The van der Waals surface area contributed by atoms with E-state index >= 15 is 0 Å². The normalized spacial score (nSPS) is 10.7. The molecule has 0 bridgehead atoms. The Kier molecular flexibility index (Phi) is 3.21. The first-order chi connectivity index (χ1) is 9.74. The summed E-state index contributed by atoms with van der Waals surface area (Å²) in [6, 6.07) is 15.5. The summed E-state index contributed by atoms with van der Waals surface area (Å²) < 4.78 is 1.77. The number of rotatable bonds is 3. The number of fused-ring (bicyclic) bond motifs is 1. The summed E-state index contributed by atoms with van der Waals surface area (Å²) in [6.07, 6.45) is 1.79. The van der Waals surface area contributed by atoms with Crippen LogP contribution in [0, 0.1) is 0 Å². The molecule has 0 aliphatic carbocycles. The Bertz CT molecular complexity index is 747. The fourth-order valence-electron chi connectivity index (χ4n) is 2.17. The lowest BCUT2D eigenvalue weighted by Crippen LogP contribution is -2.22. The fourth-order valence-corrected chi connectivity index (χ4v) is 2.17. The van der Waals surface area contributed by atoms with Gasteiger partial charge in [0.1, 0.15) is 0 Å². The van der Waals surface area contributed by atoms with Crippen molar-refractivity contribution in [3.05, 3.63) is 65.9 Å². The van der Waals surface area contributed by atoms with Crippen LogP contribution in [0.1, 0.15) is 15.9 Å². The molecule has 3 rings (SSSR count). The predicted molar refractivity (Wildman–Crippen MR) is 78.3 cm³/mol. The molecular formula is C16H15N3O. The second kappa shape index (κ2) is 5.17. The molecule has 0 saturated carbocycles. The minimum Gasteiger partial charge on any atom is -0.348 e. The van der Waals surface area contributed by atoms with Crippen molar-refractivity contribution in [2.75, 3.05) is 0 Å². The Hall–Kier alpha value is -2.62. The van der Waals surface area contributed by atoms with Crippen molar-refractivity contribution in [3.8, 4) is 0 Å². The lowest BCUT2D eigenvalue weighted by molar-refractivity contribution is 0.0951. The van der Waals surface area contributed by atoms with E-state index in [4.69, 9.17) is 0 Å². The van der Waals surface area contributed by atoms with E-state index in [1.807, 2.05) is 55.6 Å². The number of aromatic nitrogens is 2. The Morgan fingerprint density at radius 3 is 2.80 bits per heavy atom. The maximum atomic E-state index is 12.2. The van der Waals surface area contributed by atoms with Crippen LogP contribution < -0.4 is 5.32 Å². The summed E-state index contributed by atoms with van der Waals surface area (Å²) in [5.74, 6) is -0.0723. The second-order valence-corrected chi connectivity index (χ2v) is 4.71. The van der Waals surface area contributed by atoms with Gasteiger partial charge < -0.3 is 5.32 Å².